The van der Waals surface area contributed by atoms with Gasteiger partial charge in [0.1, 0.15) is 5.58 Å². The summed E-state index contributed by atoms with van der Waals surface area (Å²) < 4.78 is 4.89. The van der Waals surface area contributed by atoms with Gasteiger partial charge in [-0.05, 0) is 29.8 Å². The lowest BCUT2D eigenvalue weighted by atomic mass is 10.1. The molecule has 2 rings (SSSR count). The van der Waals surface area contributed by atoms with Crippen molar-refractivity contribution in [2.75, 3.05) is 0 Å². The number of benzene rings is 1. The summed E-state index contributed by atoms with van der Waals surface area (Å²) in [6.07, 6.45) is 0. The van der Waals surface area contributed by atoms with Gasteiger partial charge < -0.3 is 4.42 Å². The van der Waals surface area contributed by atoms with Crippen molar-refractivity contribution in [3.63, 3.8) is 0 Å². The van der Waals surface area contributed by atoms with Gasteiger partial charge in [-0.1, -0.05) is 6.07 Å². The summed E-state index contributed by atoms with van der Waals surface area (Å²) in [5.41, 5.74) is 0.258. The molecule has 70 valence electrons. The summed E-state index contributed by atoms with van der Waals surface area (Å²) in [7, 11) is 0. The van der Waals surface area contributed by atoms with Crippen molar-refractivity contribution in [2.24, 2.45) is 0 Å². The Labute approximate surface area is 83.9 Å². The van der Waals surface area contributed by atoms with Crippen molar-refractivity contribution in [2.45, 2.75) is 0 Å². The zero-order valence-electron chi connectivity index (χ0n) is 6.99. The molecule has 0 spiro atoms. The van der Waals surface area contributed by atoms with Crippen LogP contribution in [0.1, 0.15) is 10.4 Å². The van der Waals surface area contributed by atoms with E-state index in [0.717, 1.165) is 0 Å². The highest BCUT2D eigenvalue weighted by Gasteiger charge is 2.07. The second-order valence-corrected chi connectivity index (χ2v) is 3.09. The Kier molecular flexibility index (Phi) is 2.09. The average Bonchev–Trinajstić information content (AvgIpc) is 2.16. The van der Waals surface area contributed by atoms with E-state index < -0.39 is 10.9 Å². The maximum atomic E-state index is 11.0. The van der Waals surface area contributed by atoms with E-state index in [4.69, 9.17) is 16.0 Å². The van der Waals surface area contributed by atoms with Gasteiger partial charge in [0.2, 0.25) is 0 Å². The van der Waals surface area contributed by atoms with E-state index in [2.05, 4.69) is 0 Å². The molecule has 0 saturated heterocycles. The van der Waals surface area contributed by atoms with E-state index in [1.54, 1.807) is 18.2 Å². The average molecular weight is 209 g/mol. The zero-order chi connectivity index (χ0) is 10.1. The van der Waals surface area contributed by atoms with Crippen LogP contribution in [0.5, 0.6) is 0 Å². The Morgan fingerprint density at radius 2 is 2.00 bits per heavy atom. The van der Waals surface area contributed by atoms with Crippen LogP contribution in [0, 0.1) is 0 Å². The lowest BCUT2D eigenvalue weighted by molar-refractivity contribution is 0.108. The fourth-order valence-corrected chi connectivity index (χ4v) is 1.43. The van der Waals surface area contributed by atoms with Crippen LogP contribution in [0.3, 0.4) is 0 Å². The molecule has 0 bridgehead atoms. The second-order valence-electron chi connectivity index (χ2n) is 2.75. The molecule has 1 aromatic carbocycles. The number of carbonyl (C=O) groups excluding carboxylic acids is 1. The van der Waals surface area contributed by atoms with E-state index in [-0.39, 0.29) is 0 Å². The first kappa shape index (κ1) is 8.97. The molecule has 0 radical (unpaired) electrons. The predicted octanol–water partition coefficient (Wildman–Crippen LogP) is 2.17. The fourth-order valence-electron chi connectivity index (χ4n) is 1.27. The molecule has 0 unspecified atom stereocenters. The molecular formula is C10H5ClO3. The molecule has 0 atom stereocenters. The lowest BCUT2D eigenvalue weighted by Gasteiger charge is -1.99. The Hall–Kier alpha value is -1.61. The SMILES string of the molecule is O=C(Cl)c1cccc2oc(=O)ccc12. The van der Waals surface area contributed by atoms with E-state index >= 15 is 0 Å². The summed E-state index contributed by atoms with van der Waals surface area (Å²) in [6.45, 7) is 0. The maximum Gasteiger partial charge on any atom is 0.336 e. The Morgan fingerprint density at radius 1 is 1.21 bits per heavy atom. The van der Waals surface area contributed by atoms with Gasteiger partial charge in [-0.25, -0.2) is 4.79 Å². The molecule has 0 N–H and O–H groups in total. The van der Waals surface area contributed by atoms with Crippen LogP contribution in [-0.2, 0) is 0 Å². The summed E-state index contributed by atoms with van der Waals surface area (Å²) in [5, 5.41) is -0.0171. The minimum Gasteiger partial charge on any atom is -0.423 e. The van der Waals surface area contributed by atoms with E-state index in [0.29, 0.717) is 16.5 Å². The van der Waals surface area contributed by atoms with E-state index in [1.165, 1.54) is 12.1 Å². The van der Waals surface area contributed by atoms with Gasteiger partial charge in [0.25, 0.3) is 5.24 Å². The van der Waals surface area contributed by atoms with Gasteiger partial charge >= 0.3 is 5.63 Å². The molecule has 4 heteroatoms. The van der Waals surface area contributed by atoms with Crippen molar-refractivity contribution in [1.29, 1.82) is 0 Å². The van der Waals surface area contributed by atoms with Gasteiger partial charge in [-0.15, -0.1) is 0 Å². The lowest BCUT2D eigenvalue weighted by Crippen LogP contribution is -1.97. The molecule has 0 saturated carbocycles. The van der Waals surface area contributed by atoms with Crippen molar-refractivity contribution in [3.05, 3.63) is 46.3 Å². The van der Waals surface area contributed by atoms with Crippen LogP contribution in [0.4, 0.5) is 0 Å². The third-order valence-corrected chi connectivity index (χ3v) is 2.08. The van der Waals surface area contributed by atoms with Crippen molar-refractivity contribution < 1.29 is 9.21 Å². The highest BCUT2D eigenvalue weighted by atomic mass is 35.5. The number of rotatable bonds is 1. The van der Waals surface area contributed by atoms with Crippen LogP contribution in [0.2, 0.25) is 0 Å². The monoisotopic (exact) mass is 208 g/mol. The number of halogens is 1. The van der Waals surface area contributed by atoms with Crippen LogP contribution in [0.25, 0.3) is 11.0 Å². The maximum absolute atomic E-state index is 11.0. The van der Waals surface area contributed by atoms with E-state index in [9.17, 15) is 9.59 Å². The van der Waals surface area contributed by atoms with Crippen molar-refractivity contribution in [1.82, 2.24) is 0 Å². The minimum atomic E-state index is -0.565. The van der Waals surface area contributed by atoms with Crippen molar-refractivity contribution in [3.8, 4) is 0 Å². The largest absolute Gasteiger partial charge is 0.423 e. The van der Waals surface area contributed by atoms with Crippen LogP contribution in [0.15, 0.2) is 39.5 Å². The van der Waals surface area contributed by atoms with Gasteiger partial charge in [-0.3, -0.25) is 4.79 Å². The first-order valence-corrected chi connectivity index (χ1v) is 4.29. The third kappa shape index (κ3) is 1.42. The molecule has 3 nitrogen and oxygen atoms in total. The van der Waals surface area contributed by atoms with Crippen LogP contribution < -0.4 is 5.63 Å². The minimum absolute atomic E-state index is 0.341. The highest BCUT2D eigenvalue weighted by Crippen LogP contribution is 2.18. The molecule has 1 heterocycles. The number of fused-ring (bicyclic) bond motifs is 1. The summed E-state index contributed by atoms with van der Waals surface area (Å²) >= 11 is 5.36. The van der Waals surface area contributed by atoms with E-state index in [1.807, 2.05) is 0 Å². The standard InChI is InChI=1S/C10H5ClO3/c11-10(13)7-2-1-3-8-6(7)4-5-9(12)14-8/h1-5H. The quantitative estimate of drug-likeness (QED) is 0.533. The number of carbonyl (C=O) groups is 1. The Bertz CT molecular complexity index is 557. The van der Waals surface area contributed by atoms with Gasteiger partial charge in [0, 0.05) is 17.0 Å². The Balaban J connectivity index is 2.88. The second kappa shape index (κ2) is 3.27. The highest BCUT2D eigenvalue weighted by molar-refractivity contribution is 6.68. The number of hydrogen-bond acceptors (Lipinski definition) is 3. The van der Waals surface area contributed by atoms with Gasteiger partial charge in [-0.2, -0.15) is 0 Å². The molecule has 1 aromatic heterocycles. The molecule has 0 fully saturated rings. The summed E-state index contributed by atoms with van der Waals surface area (Å²) in [6, 6.07) is 7.58. The van der Waals surface area contributed by atoms with Crippen molar-refractivity contribution >= 4 is 27.8 Å². The van der Waals surface area contributed by atoms with Gasteiger partial charge in [0.05, 0.1) is 0 Å². The summed E-state index contributed by atoms with van der Waals surface area (Å²) in [5.74, 6) is 0. The van der Waals surface area contributed by atoms with Crippen LogP contribution >= 0.6 is 11.6 Å². The topological polar surface area (TPSA) is 47.3 Å². The van der Waals surface area contributed by atoms with Gasteiger partial charge in [0.15, 0.2) is 0 Å². The molecule has 0 aliphatic rings. The predicted molar refractivity (Wildman–Crippen MR) is 52.7 cm³/mol. The molecule has 2 aromatic rings. The van der Waals surface area contributed by atoms with Crippen LogP contribution in [-0.4, -0.2) is 5.24 Å². The first-order chi connectivity index (χ1) is 6.68. The Morgan fingerprint density at radius 3 is 2.71 bits per heavy atom. The third-order valence-electron chi connectivity index (χ3n) is 1.87. The molecule has 14 heavy (non-hydrogen) atoms. The molecule has 0 aliphatic heterocycles. The fraction of sp³-hybridized carbons (Fsp3) is 0. The normalized spacial score (nSPS) is 10.4. The molecule has 0 aliphatic carbocycles. The number of hydrogen-bond donors (Lipinski definition) is 0. The zero-order valence-corrected chi connectivity index (χ0v) is 7.75. The molecular weight excluding hydrogens is 204 g/mol. The molecule has 0 amide bonds. The first-order valence-electron chi connectivity index (χ1n) is 3.91. The smallest absolute Gasteiger partial charge is 0.336 e. The summed E-state index contributed by atoms with van der Waals surface area (Å²) in [4.78, 5) is 21.9.